The van der Waals surface area contributed by atoms with Crippen molar-refractivity contribution in [1.29, 1.82) is 0 Å². The van der Waals surface area contributed by atoms with Crippen LogP contribution >= 0.6 is 0 Å². The molecule has 30 heavy (non-hydrogen) atoms. The van der Waals surface area contributed by atoms with Gasteiger partial charge in [-0.3, -0.25) is 4.79 Å². The summed E-state index contributed by atoms with van der Waals surface area (Å²) in [5.41, 5.74) is 4.60. The Balaban J connectivity index is 1.51. The molecule has 0 radical (unpaired) electrons. The van der Waals surface area contributed by atoms with E-state index in [-0.39, 0.29) is 35.4 Å². The summed E-state index contributed by atoms with van der Waals surface area (Å²) in [6, 6.07) is 0. The number of fused-ring (bicyclic) bond motifs is 7. The average Bonchev–Trinajstić information content (AvgIpc) is 3.15. The van der Waals surface area contributed by atoms with Crippen LogP contribution in [-0.2, 0) is 4.79 Å². The standard InChI is InChI=1S/C27H40O3/c1-15(14-28)11-21-20-13-23-19-6-5-17-12-18(29)7-9-26(17,3)22(19)8-10-27(23,4)24(20)16(2)25(21)30/h5,15-16,18-19,22-24,28-29H,6-14H2,1-4H3. The van der Waals surface area contributed by atoms with Crippen LogP contribution in [-0.4, -0.2) is 28.7 Å². The zero-order valence-corrected chi connectivity index (χ0v) is 19.3. The van der Waals surface area contributed by atoms with Crippen LogP contribution in [0.2, 0.25) is 0 Å². The molecule has 5 rings (SSSR count). The molecule has 3 nitrogen and oxygen atoms in total. The predicted octanol–water partition coefficient (Wildman–Crippen LogP) is 5.07. The van der Waals surface area contributed by atoms with Crippen LogP contribution in [0.15, 0.2) is 22.8 Å². The van der Waals surface area contributed by atoms with E-state index in [0.717, 1.165) is 50.0 Å². The summed E-state index contributed by atoms with van der Waals surface area (Å²) < 4.78 is 0. The van der Waals surface area contributed by atoms with Crippen molar-refractivity contribution < 1.29 is 15.0 Å². The van der Waals surface area contributed by atoms with Gasteiger partial charge in [0.25, 0.3) is 0 Å². The summed E-state index contributed by atoms with van der Waals surface area (Å²) in [7, 11) is 0. The van der Waals surface area contributed by atoms with Crippen LogP contribution in [0, 0.1) is 46.3 Å². The van der Waals surface area contributed by atoms with Crippen molar-refractivity contribution in [2.45, 2.75) is 85.2 Å². The number of rotatable bonds is 3. The molecular formula is C27H40O3. The lowest BCUT2D eigenvalue weighted by Crippen LogP contribution is -2.51. The van der Waals surface area contributed by atoms with Crippen molar-refractivity contribution in [2.24, 2.45) is 46.3 Å². The van der Waals surface area contributed by atoms with Gasteiger partial charge in [0.15, 0.2) is 5.78 Å². The molecular weight excluding hydrogens is 372 g/mol. The normalized spacial score (nSPS) is 48.6. The summed E-state index contributed by atoms with van der Waals surface area (Å²) in [4.78, 5) is 13.2. The number of allylic oxidation sites excluding steroid dienone is 3. The molecule has 0 bridgehead atoms. The smallest absolute Gasteiger partial charge is 0.162 e. The second-order valence-corrected chi connectivity index (χ2v) is 12.0. The Morgan fingerprint density at radius 2 is 1.93 bits per heavy atom. The van der Waals surface area contributed by atoms with Gasteiger partial charge in [-0.25, -0.2) is 0 Å². The summed E-state index contributed by atoms with van der Waals surface area (Å²) in [6.07, 6.45) is 10.8. The Morgan fingerprint density at radius 1 is 1.17 bits per heavy atom. The van der Waals surface area contributed by atoms with Gasteiger partial charge in [-0.05, 0) is 97.4 Å². The number of aliphatic hydroxyl groups excluding tert-OH is 2. The van der Waals surface area contributed by atoms with Gasteiger partial charge in [0.1, 0.15) is 0 Å². The first kappa shape index (κ1) is 20.9. The SMILES string of the molecule is CC(CO)CC1=C2CC3C4CC=C5CC(O)CCC5(C)C4CCC3(C)C2C(C)C1=O. The van der Waals surface area contributed by atoms with E-state index in [0.29, 0.717) is 23.5 Å². The highest BCUT2D eigenvalue weighted by Gasteiger charge is 2.63. The molecule has 0 aromatic rings. The minimum absolute atomic E-state index is 0.113. The maximum absolute atomic E-state index is 13.2. The van der Waals surface area contributed by atoms with Crippen molar-refractivity contribution in [3.8, 4) is 0 Å². The number of carbonyl (C=O) groups is 1. The molecule has 0 heterocycles. The molecule has 3 saturated carbocycles. The van der Waals surface area contributed by atoms with Crippen molar-refractivity contribution in [1.82, 2.24) is 0 Å². The van der Waals surface area contributed by atoms with Gasteiger partial charge < -0.3 is 10.2 Å². The molecule has 9 unspecified atom stereocenters. The Hall–Kier alpha value is -0.930. The first-order valence-electron chi connectivity index (χ1n) is 12.4. The van der Waals surface area contributed by atoms with Gasteiger partial charge in [0.2, 0.25) is 0 Å². The quantitative estimate of drug-likeness (QED) is 0.636. The van der Waals surface area contributed by atoms with Crippen LogP contribution in [0.5, 0.6) is 0 Å². The molecule has 0 aliphatic heterocycles. The Labute approximate surface area is 182 Å². The first-order chi connectivity index (χ1) is 14.2. The Kier molecular flexibility index (Phi) is 4.91. The maximum Gasteiger partial charge on any atom is 0.162 e. The van der Waals surface area contributed by atoms with Gasteiger partial charge in [-0.1, -0.05) is 44.9 Å². The molecule has 3 heteroatoms. The minimum Gasteiger partial charge on any atom is -0.396 e. The number of hydrogen-bond acceptors (Lipinski definition) is 3. The molecule has 0 spiro atoms. The van der Waals surface area contributed by atoms with Crippen molar-refractivity contribution in [3.63, 3.8) is 0 Å². The largest absolute Gasteiger partial charge is 0.396 e. The fourth-order valence-corrected chi connectivity index (χ4v) is 8.93. The van der Waals surface area contributed by atoms with Gasteiger partial charge in [-0.2, -0.15) is 0 Å². The number of hydrogen-bond donors (Lipinski definition) is 2. The van der Waals surface area contributed by atoms with E-state index in [1.807, 2.05) is 0 Å². The third kappa shape index (κ3) is 2.73. The number of Topliss-reactive ketones (excluding diaryl/α,β-unsaturated/α-hetero) is 1. The predicted molar refractivity (Wildman–Crippen MR) is 119 cm³/mol. The molecule has 5 aliphatic carbocycles. The molecule has 9 atom stereocenters. The van der Waals surface area contributed by atoms with Gasteiger partial charge in [0, 0.05) is 12.5 Å². The van der Waals surface area contributed by atoms with Crippen LogP contribution in [0.3, 0.4) is 0 Å². The van der Waals surface area contributed by atoms with E-state index in [9.17, 15) is 15.0 Å². The maximum atomic E-state index is 13.2. The average molecular weight is 413 g/mol. The number of aliphatic hydroxyl groups is 2. The summed E-state index contributed by atoms with van der Waals surface area (Å²) in [5, 5.41) is 19.8. The van der Waals surface area contributed by atoms with Crippen molar-refractivity contribution in [3.05, 3.63) is 22.8 Å². The molecule has 0 saturated heterocycles. The number of ketones is 1. The van der Waals surface area contributed by atoms with Gasteiger partial charge >= 0.3 is 0 Å². The lowest BCUT2D eigenvalue weighted by molar-refractivity contribution is -0.121. The third-order valence-corrected chi connectivity index (χ3v) is 10.5. The van der Waals surface area contributed by atoms with E-state index in [1.165, 1.54) is 24.0 Å². The van der Waals surface area contributed by atoms with E-state index >= 15 is 0 Å². The highest BCUT2D eigenvalue weighted by molar-refractivity contribution is 6.01. The summed E-state index contributed by atoms with van der Waals surface area (Å²) in [5.74, 6) is 3.19. The summed E-state index contributed by atoms with van der Waals surface area (Å²) in [6.45, 7) is 9.38. The van der Waals surface area contributed by atoms with E-state index in [2.05, 4.69) is 33.8 Å². The highest BCUT2D eigenvalue weighted by Crippen LogP contribution is 2.70. The topological polar surface area (TPSA) is 57.5 Å². The fourth-order valence-electron chi connectivity index (χ4n) is 8.93. The highest BCUT2D eigenvalue weighted by atomic mass is 16.3. The van der Waals surface area contributed by atoms with Crippen LogP contribution in [0.25, 0.3) is 0 Å². The van der Waals surface area contributed by atoms with Gasteiger partial charge in [0.05, 0.1) is 6.10 Å². The second kappa shape index (κ2) is 7.04. The van der Waals surface area contributed by atoms with Gasteiger partial charge in [-0.15, -0.1) is 0 Å². The minimum atomic E-state index is -0.145. The molecule has 3 fully saturated rings. The fraction of sp³-hybridized carbons (Fsp3) is 0.815. The summed E-state index contributed by atoms with van der Waals surface area (Å²) >= 11 is 0. The van der Waals surface area contributed by atoms with Crippen LogP contribution < -0.4 is 0 Å². The van der Waals surface area contributed by atoms with E-state index in [4.69, 9.17) is 0 Å². The third-order valence-electron chi connectivity index (χ3n) is 10.5. The zero-order chi connectivity index (χ0) is 21.4. The zero-order valence-electron chi connectivity index (χ0n) is 19.3. The molecule has 0 amide bonds. The lowest BCUT2D eigenvalue weighted by Gasteiger charge is -2.58. The van der Waals surface area contributed by atoms with Crippen molar-refractivity contribution >= 4 is 5.78 Å². The van der Waals surface area contributed by atoms with Crippen LogP contribution in [0.1, 0.15) is 79.1 Å². The molecule has 5 aliphatic rings. The lowest BCUT2D eigenvalue weighted by atomic mass is 9.47. The molecule has 0 aromatic carbocycles. The Bertz CT molecular complexity index is 809. The van der Waals surface area contributed by atoms with Crippen LogP contribution in [0.4, 0.5) is 0 Å². The second-order valence-electron chi connectivity index (χ2n) is 12.0. The molecule has 166 valence electrons. The van der Waals surface area contributed by atoms with Crippen molar-refractivity contribution in [2.75, 3.05) is 6.61 Å². The monoisotopic (exact) mass is 412 g/mol. The number of carbonyl (C=O) groups excluding carboxylic acids is 1. The van der Waals surface area contributed by atoms with E-state index in [1.54, 1.807) is 0 Å². The molecule has 2 N–H and O–H groups in total. The van der Waals surface area contributed by atoms with E-state index < -0.39 is 0 Å². The Morgan fingerprint density at radius 3 is 2.67 bits per heavy atom. The first-order valence-corrected chi connectivity index (χ1v) is 12.4. The molecule has 0 aromatic heterocycles.